The summed E-state index contributed by atoms with van der Waals surface area (Å²) >= 11 is 0. The molecule has 326 valence electrons. The number of nitrogens with zero attached hydrogens (tertiary/aromatic N) is 2. The van der Waals surface area contributed by atoms with Crippen LogP contribution >= 0.6 is 0 Å². The van der Waals surface area contributed by atoms with Gasteiger partial charge in [0.2, 0.25) is 11.8 Å². The molecule has 0 aliphatic heterocycles. The molecule has 0 fully saturated rings. The SMILES string of the molecule is COc1ccc(OC)c(CC(=O)NCCCN(CCCCCCCCN(CCCNC(=O)Cc2cc(OC)ccc2OC)C(=O)OC(C)(C)C)C(=O)OC(C)(C)C)c1. The van der Waals surface area contributed by atoms with Crippen molar-refractivity contribution in [2.45, 2.75) is 117 Å². The van der Waals surface area contributed by atoms with Crippen LogP contribution in [0.4, 0.5) is 9.59 Å². The van der Waals surface area contributed by atoms with Gasteiger partial charge in [-0.1, -0.05) is 25.7 Å². The number of ether oxygens (including phenoxy) is 6. The van der Waals surface area contributed by atoms with E-state index in [2.05, 4.69) is 10.6 Å². The molecule has 0 bridgehead atoms. The zero-order valence-corrected chi connectivity index (χ0v) is 36.8. The zero-order valence-electron chi connectivity index (χ0n) is 36.8. The first kappa shape index (κ1) is 49.3. The number of methoxy groups -OCH3 is 4. The Morgan fingerprint density at radius 2 is 0.845 bits per heavy atom. The van der Waals surface area contributed by atoms with Crippen LogP contribution in [0.2, 0.25) is 0 Å². The Morgan fingerprint density at radius 1 is 0.500 bits per heavy atom. The summed E-state index contributed by atoms with van der Waals surface area (Å²) in [4.78, 5) is 54.9. The van der Waals surface area contributed by atoms with Gasteiger partial charge in [0.25, 0.3) is 0 Å². The maximum atomic E-state index is 13.0. The second kappa shape index (κ2) is 25.5. The van der Waals surface area contributed by atoms with Gasteiger partial charge < -0.3 is 48.9 Å². The highest BCUT2D eigenvalue weighted by Crippen LogP contribution is 2.25. The second-order valence-corrected chi connectivity index (χ2v) is 16.2. The Bertz CT molecular complexity index is 1450. The van der Waals surface area contributed by atoms with Crippen molar-refractivity contribution in [2.75, 3.05) is 67.7 Å². The van der Waals surface area contributed by atoms with Gasteiger partial charge in [0.1, 0.15) is 34.2 Å². The minimum Gasteiger partial charge on any atom is -0.497 e. The standard InChI is InChI=1S/C44H70N4O10/c1-43(2,3)57-41(51)47(27-17-23-45-39(49)31-33-29-35(53-7)19-21-37(33)55-9)25-15-13-11-12-14-16-26-48(42(52)58-44(4,5)6)28-18-24-46-40(50)32-34-30-36(54-8)20-22-38(34)56-10/h19-22,29-30H,11-18,23-28,31-32H2,1-10H3,(H,45,49)(H,46,50). The summed E-state index contributed by atoms with van der Waals surface area (Å²) in [7, 11) is 6.28. The van der Waals surface area contributed by atoms with Crippen LogP contribution in [0.25, 0.3) is 0 Å². The van der Waals surface area contributed by atoms with Crippen molar-refractivity contribution in [1.29, 1.82) is 0 Å². The van der Waals surface area contributed by atoms with E-state index in [0.29, 0.717) is 75.1 Å². The van der Waals surface area contributed by atoms with Gasteiger partial charge in [-0.15, -0.1) is 0 Å². The van der Waals surface area contributed by atoms with Crippen LogP contribution in [-0.4, -0.2) is 113 Å². The zero-order chi connectivity index (χ0) is 43.1. The summed E-state index contributed by atoms with van der Waals surface area (Å²) in [6.07, 6.45) is 6.24. The Morgan fingerprint density at radius 3 is 1.17 bits per heavy atom. The molecule has 0 saturated heterocycles. The number of carbonyl (C=O) groups is 4. The number of nitrogens with one attached hydrogen (secondary N) is 2. The molecule has 2 N–H and O–H groups in total. The van der Waals surface area contributed by atoms with Crippen LogP contribution < -0.4 is 29.6 Å². The van der Waals surface area contributed by atoms with Gasteiger partial charge in [0.05, 0.1) is 41.3 Å². The molecule has 2 rings (SSSR count). The molecule has 14 nitrogen and oxygen atoms in total. The van der Waals surface area contributed by atoms with Gasteiger partial charge in [-0.3, -0.25) is 9.59 Å². The quantitative estimate of drug-likeness (QED) is 0.0974. The predicted molar refractivity (Wildman–Crippen MR) is 225 cm³/mol. The number of unbranched alkanes of at least 4 members (excludes halogenated alkanes) is 5. The minimum absolute atomic E-state index is 0.142. The van der Waals surface area contributed by atoms with E-state index in [0.717, 1.165) is 49.7 Å². The van der Waals surface area contributed by atoms with E-state index in [4.69, 9.17) is 28.4 Å². The Labute approximate surface area is 346 Å². The number of rotatable bonds is 25. The van der Waals surface area contributed by atoms with E-state index < -0.39 is 11.2 Å². The van der Waals surface area contributed by atoms with Crippen molar-refractivity contribution < 1.29 is 47.6 Å². The van der Waals surface area contributed by atoms with Crippen LogP contribution in [0, 0.1) is 0 Å². The van der Waals surface area contributed by atoms with Crippen LogP contribution in [-0.2, 0) is 31.9 Å². The normalized spacial score (nSPS) is 11.3. The molecule has 2 aromatic rings. The van der Waals surface area contributed by atoms with Crippen molar-refractivity contribution in [1.82, 2.24) is 20.4 Å². The fraction of sp³-hybridized carbons (Fsp3) is 0.636. The Hall–Kier alpha value is -4.88. The average molecular weight is 815 g/mol. The highest BCUT2D eigenvalue weighted by atomic mass is 16.6. The monoisotopic (exact) mass is 815 g/mol. The number of carbonyl (C=O) groups excluding carboxylic acids is 4. The maximum Gasteiger partial charge on any atom is 0.410 e. The molecule has 14 heteroatoms. The smallest absolute Gasteiger partial charge is 0.410 e. The van der Waals surface area contributed by atoms with Crippen molar-refractivity contribution >= 4 is 24.0 Å². The first-order valence-corrected chi connectivity index (χ1v) is 20.4. The molecule has 0 saturated carbocycles. The van der Waals surface area contributed by atoms with Gasteiger partial charge in [0, 0.05) is 50.4 Å². The summed E-state index contributed by atoms with van der Waals surface area (Å²) < 4.78 is 32.7. The van der Waals surface area contributed by atoms with E-state index in [9.17, 15) is 19.2 Å². The fourth-order valence-electron chi connectivity index (χ4n) is 6.06. The lowest BCUT2D eigenvalue weighted by Crippen LogP contribution is -2.39. The maximum absolute atomic E-state index is 13.0. The van der Waals surface area contributed by atoms with Crippen LogP contribution in [0.15, 0.2) is 36.4 Å². The Balaban J connectivity index is 1.78. The highest BCUT2D eigenvalue weighted by molar-refractivity contribution is 5.80. The summed E-state index contributed by atoms with van der Waals surface area (Å²) in [5.74, 6) is 2.25. The van der Waals surface area contributed by atoms with Gasteiger partial charge in [-0.25, -0.2) is 9.59 Å². The van der Waals surface area contributed by atoms with E-state index >= 15 is 0 Å². The van der Waals surface area contributed by atoms with E-state index in [1.54, 1.807) is 74.6 Å². The topological polar surface area (TPSA) is 154 Å². The van der Waals surface area contributed by atoms with Crippen molar-refractivity contribution in [3.63, 3.8) is 0 Å². The van der Waals surface area contributed by atoms with Gasteiger partial charge >= 0.3 is 12.2 Å². The third kappa shape index (κ3) is 20.0. The molecule has 0 aliphatic carbocycles. The lowest BCUT2D eigenvalue weighted by Gasteiger charge is -2.28. The number of amides is 4. The third-order valence-corrected chi connectivity index (χ3v) is 8.94. The summed E-state index contributed by atoms with van der Waals surface area (Å²) in [6, 6.07) is 10.7. The van der Waals surface area contributed by atoms with Crippen molar-refractivity contribution in [2.24, 2.45) is 0 Å². The third-order valence-electron chi connectivity index (χ3n) is 8.94. The Kier molecular flexibility index (Phi) is 21.6. The molecule has 0 atom stereocenters. The molecule has 58 heavy (non-hydrogen) atoms. The first-order valence-electron chi connectivity index (χ1n) is 20.4. The molecule has 0 aromatic heterocycles. The lowest BCUT2D eigenvalue weighted by molar-refractivity contribution is -0.121. The average Bonchev–Trinajstić information content (AvgIpc) is 3.15. The largest absolute Gasteiger partial charge is 0.497 e. The summed E-state index contributed by atoms with van der Waals surface area (Å²) in [6.45, 7) is 13.9. The molecule has 0 spiro atoms. The van der Waals surface area contributed by atoms with E-state index in [1.165, 1.54) is 0 Å². The van der Waals surface area contributed by atoms with Crippen LogP contribution in [0.3, 0.4) is 0 Å². The van der Waals surface area contributed by atoms with Gasteiger partial charge in [-0.2, -0.15) is 0 Å². The number of hydrogen-bond acceptors (Lipinski definition) is 10. The van der Waals surface area contributed by atoms with Gasteiger partial charge in [0.15, 0.2) is 0 Å². The predicted octanol–water partition coefficient (Wildman–Crippen LogP) is 7.33. The molecular weight excluding hydrogens is 745 g/mol. The molecule has 2 aromatic carbocycles. The number of hydrogen-bond donors (Lipinski definition) is 2. The summed E-state index contributed by atoms with van der Waals surface area (Å²) in [5.41, 5.74) is 0.229. The van der Waals surface area contributed by atoms with Crippen molar-refractivity contribution in [3.05, 3.63) is 47.5 Å². The van der Waals surface area contributed by atoms with Crippen LogP contribution in [0.1, 0.15) is 104 Å². The number of benzene rings is 2. The van der Waals surface area contributed by atoms with Gasteiger partial charge in [-0.05, 0) is 104 Å². The molecule has 4 amide bonds. The first-order chi connectivity index (χ1) is 27.5. The molecule has 0 radical (unpaired) electrons. The highest BCUT2D eigenvalue weighted by Gasteiger charge is 2.23. The lowest BCUT2D eigenvalue weighted by atomic mass is 10.1. The van der Waals surface area contributed by atoms with E-state index in [1.807, 2.05) is 41.5 Å². The molecular formula is C44H70N4O10. The molecule has 0 unspecified atom stereocenters. The second-order valence-electron chi connectivity index (χ2n) is 16.2. The van der Waals surface area contributed by atoms with Crippen molar-refractivity contribution in [3.8, 4) is 23.0 Å². The minimum atomic E-state index is -0.618. The molecule has 0 aliphatic rings. The van der Waals surface area contributed by atoms with Crippen LogP contribution in [0.5, 0.6) is 23.0 Å². The molecule has 0 heterocycles. The summed E-state index contributed by atoms with van der Waals surface area (Å²) in [5, 5.41) is 5.89. The van der Waals surface area contributed by atoms with E-state index in [-0.39, 0.29) is 36.8 Å². The fourth-order valence-corrected chi connectivity index (χ4v) is 6.06.